The molecule has 21 heavy (non-hydrogen) atoms. The van der Waals surface area contributed by atoms with Gasteiger partial charge in [0, 0.05) is 7.05 Å². The van der Waals surface area contributed by atoms with E-state index in [1.807, 2.05) is 0 Å². The predicted molar refractivity (Wildman–Crippen MR) is 67.9 cm³/mol. The summed E-state index contributed by atoms with van der Waals surface area (Å²) >= 11 is -2.79. The topological polar surface area (TPSA) is 127 Å². The molecule has 1 atom stereocenters. The van der Waals surface area contributed by atoms with Crippen LogP contribution in [0.25, 0.3) is 0 Å². The highest BCUT2D eigenvalue weighted by atomic mass is 32.2. The van der Waals surface area contributed by atoms with Crippen LogP contribution in [0.4, 0.5) is 5.69 Å². The number of hydrogen-bond donors (Lipinski definition) is 1. The molecule has 1 aromatic rings. The number of fused-ring (bicyclic) bond motifs is 1. The van der Waals surface area contributed by atoms with Crippen molar-refractivity contribution in [3.8, 4) is 0 Å². The number of anilines is 1. The second-order valence-corrected chi connectivity index (χ2v) is 4.65. The van der Waals surface area contributed by atoms with Crippen molar-refractivity contribution in [2.45, 2.75) is 0 Å². The zero-order valence-corrected chi connectivity index (χ0v) is 11.5. The molecule has 1 aromatic carbocycles. The average molecular weight is 313 g/mol. The molecule has 9 nitrogen and oxygen atoms in total. The first-order valence-corrected chi connectivity index (χ1v) is 6.54. The molecule has 1 heterocycles. The summed E-state index contributed by atoms with van der Waals surface area (Å²) < 4.78 is 25.3. The van der Waals surface area contributed by atoms with Crippen molar-refractivity contribution in [3.63, 3.8) is 0 Å². The fourth-order valence-electron chi connectivity index (χ4n) is 1.89. The van der Waals surface area contributed by atoms with Gasteiger partial charge in [-0.15, -0.1) is 0 Å². The summed E-state index contributed by atoms with van der Waals surface area (Å²) in [6.07, 6.45) is 0. The van der Waals surface area contributed by atoms with Crippen LogP contribution in [0.2, 0.25) is 0 Å². The van der Waals surface area contributed by atoms with Crippen molar-refractivity contribution in [3.05, 3.63) is 29.3 Å². The second-order valence-electron chi connectivity index (χ2n) is 4.10. The number of carbonyl (C=O) groups excluding carboxylic acids is 2. The molecule has 1 unspecified atom stereocenters. The predicted octanol–water partition coefficient (Wildman–Crippen LogP) is -0.471. The molecule has 0 saturated heterocycles. The fourth-order valence-corrected chi connectivity index (χ4v) is 2.16. The largest absolute Gasteiger partial charge is 0.748 e. The highest BCUT2D eigenvalue weighted by molar-refractivity contribution is 7.74. The van der Waals surface area contributed by atoms with Crippen molar-refractivity contribution >= 4 is 34.8 Å². The van der Waals surface area contributed by atoms with Gasteiger partial charge in [-0.2, -0.15) is 4.28 Å². The van der Waals surface area contributed by atoms with Gasteiger partial charge < -0.3 is 9.66 Å². The molecule has 2 rings (SSSR count). The summed E-state index contributed by atoms with van der Waals surface area (Å²) in [7, 11) is 1.30. The first-order chi connectivity index (χ1) is 9.81. The second kappa shape index (κ2) is 5.60. The molecule has 1 aliphatic heterocycles. The summed E-state index contributed by atoms with van der Waals surface area (Å²) in [5.74, 6) is -2.78. The monoisotopic (exact) mass is 313 g/mol. The maximum Gasteiger partial charge on any atom is 0.323 e. The van der Waals surface area contributed by atoms with Gasteiger partial charge in [-0.1, -0.05) is 0 Å². The van der Waals surface area contributed by atoms with E-state index in [2.05, 4.69) is 4.28 Å². The molecule has 0 bridgehead atoms. The van der Waals surface area contributed by atoms with E-state index in [0.29, 0.717) is 4.90 Å². The number of carboxylic acids is 1. The van der Waals surface area contributed by atoms with E-state index in [1.165, 1.54) is 25.2 Å². The Kier molecular flexibility index (Phi) is 4.02. The molecule has 0 radical (unpaired) electrons. The third-order valence-electron chi connectivity index (χ3n) is 2.78. The van der Waals surface area contributed by atoms with E-state index in [-0.39, 0.29) is 16.8 Å². The Morgan fingerprint density at radius 2 is 2.00 bits per heavy atom. The standard InChI is InChI=1S/C11H10N2O7S/c1-12(20-21(18)19)6-2-3-7-8(4-6)11(17)13(10(7)16)5-9(14)15/h2-4H,5H2,1H3,(H,14,15)(H,18,19)/p-1. The Labute approximate surface area is 121 Å². The highest BCUT2D eigenvalue weighted by Gasteiger charge is 2.37. The fraction of sp³-hybridized carbons (Fsp3) is 0.182. The highest BCUT2D eigenvalue weighted by Crippen LogP contribution is 2.27. The SMILES string of the molecule is CN(OS(=O)[O-])c1ccc2c(c1)C(=O)N(CC(=O)O)C2=O. The lowest BCUT2D eigenvalue weighted by molar-refractivity contribution is -0.137. The third-order valence-corrected chi connectivity index (χ3v) is 3.13. The van der Waals surface area contributed by atoms with E-state index in [9.17, 15) is 23.1 Å². The molecule has 1 N–H and O–H groups in total. The molecule has 0 fully saturated rings. The molecular weight excluding hydrogens is 304 g/mol. The van der Waals surface area contributed by atoms with Gasteiger partial charge in [-0.3, -0.25) is 19.3 Å². The number of rotatable bonds is 5. The average Bonchev–Trinajstić information content (AvgIpc) is 2.62. The van der Waals surface area contributed by atoms with Crippen molar-refractivity contribution < 1.29 is 32.5 Å². The van der Waals surface area contributed by atoms with Crippen LogP contribution in [-0.2, 0) is 20.4 Å². The van der Waals surface area contributed by atoms with E-state index in [4.69, 9.17) is 5.11 Å². The maximum atomic E-state index is 12.0. The smallest absolute Gasteiger partial charge is 0.323 e. The number of carbonyl (C=O) groups is 3. The molecule has 0 aliphatic carbocycles. The van der Waals surface area contributed by atoms with E-state index in [1.54, 1.807) is 0 Å². The summed E-state index contributed by atoms with van der Waals surface area (Å²) in [4.78, 5) is 35.2. The van der Waals surface area contributed by atoms with E-state index >= 15 is 0 Å². The molecule has 1 aliphatic rings. The van der Waals surface area contributed by atoms with Crippen LogP contribution in [0.3, 0.4) is 0 Å². The Hall–Kier alpha value is -2.30. The number of hydrogen-bond acceptors (Lipinski definition) is 7. The van der Waals surface area contributed by atoms with Crippen molar-refractivity contribution in [2.24, 2.45) is 0 Å². The lowest BCUT2D eigenvalue weighted by atomic mass is 10.1. The first kappa shape index (κ1) is 15.1. The number of carboxylic acid groups (broad SMARTS) is 1. The quantitative estimate of drug-likeness (QED) is 0.439. The summed E-state index contributed by atoms with van der Waals surface area (Å²) in [5.41, 5.74) is 0.267. The number of benzene rings is 1. The lowest BCUT2D eigenvalue weighted by Gasteiger charge is -2.19. The van der Waals surface area contributed by atoms with Crippen LogP contribution in [0.15, 0.2) is 18.2 Å². The molecule has 112 valence electrons. The Morgan fingerprint density at radius 1 is 1.38 bits per heavy atom. The normalized spacial score (nSPS) is 15.0. The van der Waals surface area contributed by atoms with Crippen molar-refractivity contribution in [1.29, 1.82) is 0 Å². The number of nitrogens with zero attached hydrogens (tertiary/aromatic N) is 2. The van der Waals surface area contributed by atoms with Gasteiger partial charge in [0.2, 0.25) is 0 Å². The van der Waals surface area contributed by atoms with Crippen LogP contribution in [0.5, 0.6) is 0 Å². The van der Waals surface area contributed by atoms with Crippen LogP contribution in [-0.4, -0.2) is 50.1 Å². The summed E-state index contributed by atoms with van der Waals surface area (Å²) in [6, 6.07) is 3.94. The van der Waals surface area contributed by atoms with Crippen LogP contribution < -0.4 is 5.06 Å². The van der Waals surface area contributed by atoms with Gasteiger partial charge in [0.1, 0.15) is 17.9 Å². The van der Waals surface area contributed by atoms with E-state index < -0.39 is 35.7 Å². The number of imide groups is 1. The number of hydroxylamine groups is 1. The zero-order chi connectivity index (χ0) is 15.7. The van der Waals surface area contributed by atoms with Crippen molar-refractivity contribution in [1.82, 2.24) is 4.90 Å². The van der Waals surface area contributed by atoms with Crippen LogP contribution in [0.1, 0.15) is 20.7 Å². The minimum atomic E-state index is -2.79. The van der Waals surface area contributed by atoms with Gasteiger partial charge >= 0.3 is 5.97 Å². The summed E-state index contributed by atoms with van der Waals surface area (Å²) in [5, 5.41) is 9.58. The first-order valence-electron chi connectivity index (χ1n) is 5.54. The Balaban J connectivity index is 2.33. The minimum absolute atomic E-state index is 0.00844. The summed E-state index contributed by atoms with van der Waals surface area (Å²) in [6.45, 7) is -0.738. The Morgan fingerprint density at radius 3 is 2.57 bits per heavy atom. The molecule has 0 spiro atoms. The van der Waals surface area contributed by atoms with Gasteiger partial charge in [0.25, 0.3) is 11.8 Å². The van der Waals surface area contributed by atoms with Gasteiger partial charge in [0.05, 0.1) is 16.8 Å². The molecule has 2 amide bonds. The van der Waals surface area contributed by atoms with Crippen molar-refractivity contribution in [2.75, 3.05) is 18.7 Å². The minimum Gasteiger partial charge on any atom is -0.748 e. The molecule has 0 saturated carbocycles. The zero-order valence-electron chi connectivity index (χ0n) is 10.6. The van der Waals surface area contributed by atoms with Gasteiger partial charge in [-0.05, 0) is 18.2 Å². The lowest BCUT2D eigenvalue weighted by Crippen LogP contribution is -2.34. The number of amides is 2. The molecular formula is C11H9N2O7S-. The van der Waals surface area contributed by atoms with Crippen LogP contribution >= 0.6 is 0 Å². The molecule has 0 aromatic heterocycles. The molecule has 10 heteroatoms. The Bertz CT molecular complexity index is 660. The number of aliphatic carboxylic acids is 1. The maximum absolute atomic E-state index is 12.0. The van der Waals surface area contributed by atoms with Gasteiger partial charge in [0.15, 0.2) is 0 Å². The van der Waals surface area contributed by atoms with Gasteiger partial charge in [-0.25, -0.2) is 9.27 Å². The third kappa shape index (κ3) is 2.91. The van der Waals surface area contributed by atoms with Crippen LogP contribution in [0, 0.1) is 0 Å². The van der Waals surface area contributed by atoms with E-state index in [0.717, 1.165) is 5.06 Å².